The largest absolute Gasteiger partial charge is 0.465 e. The summed E-state index contributed by atoms with van der Waals surface area (Å²) in [6, 6.07) is 0. The molecule has 0 aliphatic carbocycles. The molecule has 0 bridgehead atoms. The Morgan fingerprint density at radius 2 is 1.91 bits per heavy atom. The maximum atomic E-state index is 10.5. The van der Waals surface area contributed by atoms with Crippen molar-refractivity contribution in [2.75, 3.05) is 0 Å². The molecular formula is C6H13N3O2. The standard InChI is InChI=1S/C6H13N3O2/c1-6(2,3)9(4(7)8)5(10)11/h1-3H3,(H3,7,8)(H,10,11). The van der Waals surface area contributed by atoms with Crippen LogP contribution in [0.25, 0.3) is 0 Å². The van der Waals surface area contributed by atoms with Crippen LogP contribution in [-0.4, -0.2) is 27.6 Å². The van der Waals surface area contributed by atoms with Crippen LogP contribution in [0.15, 0.2) is 0 Å². The second-order valence-corrected chi connectivity index (χ2v) is 3.17. The molecule has 0 radical (unpaired) electrons. The number of nitrogens with one attached hydrogen (secondary N) is 1. The highest BCUT2D eigenvalue weighted by Crippen LogP contribution is 2.11. The van der Waals surface area contributed by atoms with Gasteiger partial charge in [-0.15, -0.1) is 0 Å². The molecule has 0 aromatic carbocycles. The third kappa shape index (κ3) is 2.45. The van der Waals surface area contributed by atoms with Gasteiger partial charge in [0.1, 0.15) is 0 Å². The van der Waals surface area contributed by atoms with Crippen LogP contribution in [0.2, 0.25) is 0 Å². The molecule has 11 heavy (non-hydrogen) atoms. The van der Waals surface area contributed by atoms with E-state index < -0.39 is 17.6 Å². The Hall–Kier alpha value is -1.26. The lowest BCUT2D eigenvalue weighted by Crippen LogP contribution is -2.51. The zero-order valence-corrected chi connectivity index (χ0v) is 6.88. The first kappa shape index (κ1) is 9.74. The van der Waals surface area contributed by atoms with Crippen LogP contribution in [0, 0.1) is 5.41 Å². The summed E-state index contributed by atoms with van der Waals surface area (Å²) in [5.74, 6) is -0.454. The van der Waals surface area contributed by atoms with Crippen molar-refractivity contribution in [1.29, 1.82) is 5.41 Å². The third-order valence-electron chi connectivity index (χ3n) is 1.10. The molecule has 64 valence electrons. The van der Waals surface area contributed by atoms with Crippen LogP contribution in [0.5, 0.6) is 0 Å². The Morgan fingerprint density at radius 3 is 1.91 bits per heavy atom. The predicted octanol–water partition coefficient (Wildman–Crippen LogP) is 0.658. The molecule has 0 rings (SSSR count). The summed E-state index contributed by atoms with van der Waals surface area (Å²) in [5, 5.41) is 15.5. The summed E-state index contributed by atoms with van der Waals surface area (Å²) < 4.78 is 0. The zero-order chi connectivity index (χ0) is 9.23. The maximum absolute atomic E-state index is 10.5. The fourth-order valence-electron chi connectivity index (χ4n) is 0.751. The SMILES string of the molecule is CC(C)(C)N(C(=N)N)C(=O)O. The van der Waals surface area contributed by atoms with Crippen LogP contribution in [-0.2, 0) is 0 Å². The number of amides is 1. The first-order chi connectivity index (χ1) is 4.76. The molecule has 4 N–H and O–H groups in total. The topological polar surface area (TPSA) is 90.4 Å². The van der Waals surface area contributed by atoms with E-state index in [-0.39, 0.29) is 0 Å². The Morgan fingerprint density at radius 1 is 1.55 bits per heavy atom. The van der Waals surface area contributed by atoms with Crippen molar-refractivity contribution in [3.8, 4) is 0 Å². The van der Waals surface area contributed by atoms with Crippen LogP contribution >= 0.6 is 0 Å². The van der Waals surface area contributed by atoms with E-state index in [2.05, 4.69) is 0 Å². The Labute approximate surface area is 65.3 Å². The second-order valence-electron chi connectivity index (χ2n) is 3.17. The van der Waals surface area contributed by atoms with Crippen molar-refractivity contribution in [2.45, 2.75) is 26.3 Å². The minimum atomic E-state index is -1.20. The highest BCUT2D eigenvalue weighted by atomic mass is 16.4. The lowest BCUT2D eigenvalue weighted by atomic mass is 10.1. The summed E-state index contributed by atoms with van der Waals surface area (Å²) in [6.07, 6.45) is -1.20. The number of hydrogen-bond acceptors (Lipinski definition) is 2. The highest BCUT2D eigenvalue weighted by molar-refractivity contribution is 5.91. The van der Waals surface area contributed by atoms with Gasteiger partial charge in [-0.05, 0) is 20.8 Å². The van der Waals surface area contributed by atoms with E-state index in [0.717, 1.165) is 4.90 Å². The van der Waals surface area contributed by atoms with E-state index in [1.165, 1.54) is 0 Å². The fraction of sp³-hybridized carbons (Fsp3) is 0.667. The molecule has 0 unspecified atom stereocenters. The van der Waals surface area contributed by atoms with E-state index in [0.29, 0.717) is 0 Å². The molecule has 0 aromatic rings. The molecule has 1 amide bonds. The molecule has 0 aliphatic rings. The minimum absolute atomic E-state index is 0.454. The van der Waals surface area contributed by atoms with Gasteiger partial charge in [-0.25, -0.2) is 9.69 Å². The summed E-state index contributed by atoms with van der Waals surface area (Å²) in [6.45, 7) is 5.01. The van der Waals surface area contributed by atoms with Crippen molar-refractivity contribution in [1.82, 2.24) is 4.90 Å². The molecule has 0 atom stereocenters. The van der Waals surface area contributed by atoms with Gasteiger partial charge in [0.05, 0.1) is 0 Å². The van der Waals surface area contributed by atoms with Gasteiger partial charge in [0.25, 0.3) is 0 Å². The highest BCUT2D eigenvalue weighted by Gasteiger charge is 2.28. The van der Waals surface area contributed by atoms with Crippen molar-refractivity contribution < 1.29 is 9.90 Å². The summed E-state index contributed by atoms with van der Waals surface area (Å²) in [4.78, 5) is 11.3. The number of rotatable bonds is 0. The van der Waals surface area contributed by atoms with Gasteiger partial charge in [-0.1, -0.05) is 0 Å². The van der Waals surface area contributed by atoms with E-state index in [4.69, 9.17) is 16.2 Å². The van der Waals surface area contributed by atoms with Crippen LogP contribution in [0.1, 0.15) is 20.8 Å². The van der Waals surface area contributed by atoms with Crippen LogP contribution in [0.3, 0.4) is 0 Å². The third-order valence-corrected chi connectivity index (χ3v) is 1.10. The minimum Gasteiger partial charge on any atom is -0.465 e. The summed E-state index contributed by atoms with van der Waals surface area (Å²) in [5.41, 5.74) is 4.40. The van der Waals surface area contributed by atoms with E-state index in [1.807, 2.05) is 0 Å². The average molecular weight is 159 g/mol. The molecule has 0 spiro atoms. The summed E-state index contributed by atoms with van der Waals surface area (Å²) >= 11 is 0. The summed E-state index contributed by atoms with van der Waals surface area (Å²) in [7, 11) is 0. The number of guanidine groups is 1. The molecule has 0 aliphatic heterocycles. The molecule has 0 saturated carbocycles. The van der Waals surface area contributed by atoms with Crippen molar-refractivity contribution >= 4 is 12.1 Å². The van der Waals surface area contributed by atoms with Gasteiger partial charge in [0.2, 0.25) is 0 Å². The number of hydrogen-bond donors (Lipinski definition) is 3. The van der Waals surface area contributed by atoms with Gasteiger partial charge >= 0.3 is 6.09 Å². The maximum Gasteiger partial charge on any atom is 0.414 e. The monoisotopic (exact) mass is 159 g/mol. The van der Waals surface area contributed by atoms with Crippen molar-refractivity contribution in [3.63, 3.8) is 0 Å². The lowest BCUT2D eigenvalue weighted by molar-refractivity contribution is 0.139. The van der Waals surface area contributed by atoms with Crippen molar-refractivity contribution in [2.24, 2.45) is 5.73 Å². The van der Waals surface area contributed by atoms with Crippen LogP contribution in [0.4, 0.5) is 4.79 Å². The average Bonchev–Trinajstić information content (AvgIpc) is 1.54. The molecule has 0 aromatic heterocycles. The zero-order valence-electron chi connectivity index (χ0n) is 6.88. The van der Waals surface area contributed by atoms with Gasteiger partial charge in [-0.2, -0.15) is 0 Å². The fourth-order valence-corrected chi connectivity index (χ4v) is 0.751. The molecule has 0 fully saturated rings. The number of carboxylic acid groups (broad SMARTS) is 1. The van der Waals surface area contributed by atoms with Crippen molar-refractivity contribution in [3.05, 3.63) is 0 Å². The van der Waals surface area contributed by atoms with Crippen LogP contribution < -0.4 is 5.73 Å². The van der Waals surface area contributed by atoms with Gasteiger partial charge in [0, 0.05) is 5.54 Å². The van der Waals surface area contributed by atoms with E-state index in [1.54, 1.807) is 20.8 Å². The Bertz CT molecular complexity index is 169. The molecule has 0 heterocycles. The van der Waals surface area contributed by atoms with E-state index >= 15 is 0 Å². The van der Waals surface area contributed by atoms with Gasteiger partial charge in [-0.3, -0.25) is 5.41 Å². The normalized spacial score (nSPS) is 10.8. The van der Waals surface area contributed by atoms with Gasteiger partial charge < -0.3 is 10.8 Å². The molecular weight excluding hydrogens is 146 g/mol. The second kappa shape index (κ2) is 2.77. The number of nitrogens with zero attached hydrogens (tertiary/aromatic N) is 1. The lowest BCUT2D eigenvalue weighted by Gasteiger charge is -2.30. The molecule has 5 nitrogen and oxygen atoms in total. The molecule has 0 saturated heterocycles. The quantitative estimate of drug-likeness (QED) is 0.358. The molecule has 5 heteroatoms. The smallest absolute Gasteiger partial charge is 0.414 e. The predicted molar refractivity (Wildman–Crippen MR) is 41.5 cm³/mol. The first-order valence-electron chi connectivity index (χ1n) is 3.14. The Balaban J connectivity index is 4.63. The number of carbonyl (C=O) groups is 1. The van der Waals surface area contributed by atoms with E-state index in [9.17, 15) is 4.79 Å². The Kier molecular flexibility index (Phi) is 2.46. The van der Waals surface area contributed by atoms with Gasteiger partial charge in [0.15, 0.2) is 5.96 Å². The number of nitrogens with two attached hydrogens (primary N) is 1. The first-order valence-corrected chi connectivity index (χ1v) is 3.14.